The highest BCUT2D eigenvalue weighted by Gasteiger charge is 2.16. The Bertz CT molecular complexity index is 661. The summed E-state index contributed by atoms with van der Waals surface area (Å²) in [6, 6.07) is 2.46. The second-order valence-electron chi connectivity index (χ2n) is 3.76. The van der Waals surface area contributed by atoms with E-state index in [0.29, 0.717) is 22.9 Å². The minimum atomic E-state index is -0.693. The zero-order valence-electron chi connectivity index (χ0n) is 9.41. The van der Waals surface area contributed by atoms with E-state index in [-0.39, 0.29) is 11.3 Å². The maximum Gasteiger partial charge on any atom is 0.336 e. The molecule has 88 valence electrons. The first-order valence-electron chi connectivity index (χ1n) is 5.17. The summed E-state index contributed by atoms with van der Waals surface area (Å²) in [6.07, 6.45) is 0.363. The molecule has 2 aromatic rings. The normalized spacial score (nSPS) is 10.8. The zero-order chi connectivity index (χ0) is 12.6. The van der Waals surface area contributed by atoms with Gasteiger partial charge >= 0.3 is 5.63 Å². The first-order chi connectivity index (χ1) is 8.08. The van der Waals surface area contributed by atoms with Crippen LogP contribution in [0.1, 0.15) is 18.1 Å². The quantitative estimate of drug-likeness (QED) is 0.593. The molecule has 0 amide bonds. The van der Waals surface area contributed by atoms with Crippen LogP contribution >= 0.6 is 0 Å². The molecule has 5 heteroatoms. The van der Waals surface area contributed by atoms with Gasteiger partial charge in [-0.25, -0.2) is 9.18 Å². The standard InChI is InChI=1S/C12H10FNO3/c1-3-7-11(14-16)9(13)5-8-6(2)4-10(15)17-12(7)8/h4-5H,3H2,1-2H3. The summed E-state index contributed by atoms with van der Waals surface area (Å²) in [6.45, 7) is 3.43. The highest BCUT2D eigenvalue weighted by Crippen LogP contribution is 2.32. The fourth-order valence-corrected chi connectivity index (χ4v) is 1.90. The molecule has 0 radical (unpaired) electrons. The van der Waals surface area contributed by atoms with E-state index in [4.69, 9.17) is 4.42 Å². The van der Waals surface area contributed by atoms with Crippen LogP contribution in [0.2, 0.25) is 0 Å². The molecule has 0 spiro atoms. The van der Waals surface area contributed by atoms with Crippen molar-refractivity contribution in [1.29, 1.82) is 0 Å². The molecule has 0 saturated carbocycles. The van der Waals surface area contributed by atoms with Crippen LogP contribution in [0.4, 0.5) is 10.1 Å². The number of nitrogens with zero attached hydrogens (tertiary/aromatic N) is 1. The molecule has 4 nitrogen and oxygen atoms in total. The number of hydrogen-bond donors (Lipinski definition) is 0. The SMILES string of the molecule is CCc1c(N=O)c(F)cc2c(C)cc(=O)oc12. The average Bonchev–Trinajstić information content (AvgIpc) is 2.28. The van der Waals surface area contributed by atoms with Gasteiger partial charge < -0.3 is 4.42 Å². The van der Waals surface area contributed by atoms with Gasteiger partial charge in [-0.1, -0.05) is 6.92 Å². The Morgan fingerprint density at radius 1 is 1.41 bits per heavy atom. The van der Waals surface area contributed by atoms with E-state index in [0.717, 1.165) is 0 Å². The van der Waals surface area contributed by atoms with Gasteiger partial charge in [0.25, 0.3) is 0 Å². The summed E-state index contributed by atoms with van der Waals surface area (Å²) in [5.41, 5.74) is 0.383. The second-order valence-corrected chi connectivity index (χ2v) is 3.76. The van der Waals surface area contributed by atoms with Crippen LogP contribution in [0.5, 0.6) is 0 Å². The van der Waals surface area contributed by atoms with Crippen LogP contribution in [0.15, 0.2) is 26.5 Å². The molecule has 2 rings (SSSR count). The maximum absolute atomic E-state index is 13.6. The van der Waals surface area contributed by atoms with Crippen LogP contribution in [0.25, 0.3) is 11.0 Å². The second kappa shape index (κ2) is 4.08. The van der Waals surface area contributed by atoms with Crippen molar-refractivity contribution in [3.63, 3.8) is 0 Å². The fourth-order valence-electron chi connectivity index (χ4n) is 1.90. The average molecular weight is 235 g/mol. The lowest BCUT2D eigenvalue weighted by Crippen LogP contribution is -2.01. The molecule has 0 saturated heterocycles. The zero-order valence-corrected chi connectivity index (χ0v) is 9.41. The van der Waals surface area contributed by atoms with Crippen molar-refractivity contribution >= 4 is 16.7 Å². The maximum atomic E-state index is 13.6. The largest absolute Gasteiger partial charge is 0.422 e. The van der Waals surface area contributed by atoms with Crippen LogP contribution in [-0.4, -0.2) is 0 Å². The topological polar surface area (TPSA) is 59.6 Å². The van der Waals surface area contributed by atoms with E-state index in [9.17, 15) is 14.1 Å². The third-order valence-corrected chi connectivity index (χ3v) is 2.71. The summed E-state index contributed by atoms with van der Waals surface area (Å²) in [7, 11) is 0. The van der Waals surface area contributed by atoms with Crippen molar-refractivity contribution in [2.75, 3.05) is 0 Å². The molecule has 0 bridgehead atoms. The summed E-state index contributed by atoms with van der Waals surface area (Å²) < 4.78 is 18.7. The molecule has 0 fully saturated rings. The summed E-state index contributed by atoms with van der Waals surface area (Å²) in [4.78, 5) is 21.9. The molecular formula is C12H10FNO3. The van der Waals surface area contributed by atoms with Gasteiger partial charge in [-0.3, -0.25) is 0 Å². The first-order valence-corrected chi connectivity index (χ1v) is 5.17. The van der Waals surface area contributed by atoms with Crippen LogP contribution < -0.4 is 5.63 Å². The Kier molecular flexibility index (Phi) is 2.75. The highest BCUT2D eigenvalue weighted by atomic mass is 19.1. The Morgan fingerprint density at radius 3 is 2.71 bits per heavy atom. The van der Waals surface area contributed by atoms with Crippen LogP contribution in [-0.2, 0) is 6.42 Å². The predicted molar refractivity (Wildman–Crippen MR) is 62.0 cm³/mol. The molecule has 17 heavy (non-hydrogen) atoms. The third kappa shape index (κ3) is 1.73. The van der Waals surface area contributed by atoms with E-state index in [1.54, 1.807) is 13.8 Å². The number of hydrogen-bond acceptors (Lipinski definition) is 4. The first kappa shape index (κ1) is 11.4. The number of nitroso groups, excluding NO2 is 1. The fraction of sp³-hybridized carbons (Fsp3) is 0.250. The van der Waals surface area contributed by atoms with Crippen molar-refractivity contribution < 1.29 is 8.81 Å². The number of benzene rings is 1. The van der Waals surface area contributed by atoms with Crippen LogP contribution in [0.3, 0.4) is 0 Å². The minimum absolute atomic E-state index is 0.244. The minimum Gasteiger partial charge on any atom is -0.422 e. The smallest absolute Gasteiger partial charge is 0.336 e. The lowest BCUT2D eigenvalue weighted by molar-refractivity contribution is 0.553. The van der Waals surface area contributed by atoms with Crippen LogP contribution in [0, 0.1) is 17.6 Å². The molecule has 0 atom stereocenters. The van der Waals surface area contributed by atoms with Gasteiger partial charge in [0, 0.05) is 17.0 Å². The molecule has 1 aromatic carbocycles. The Morgan fingerprint density at radius 2 is 2.12 bits per heavy atom. The predicted octanol–water partition coefficient (Wildman–Crippen LogP) is 3.20. The number of rotatable bonds is 2. The molecule has 0 unspecified atom stereocenters. The van der Waals surface area contributed by atoms with E-state index < -0.39 is 11.4 Å². The van der Waals surface area contributed by atoms with Crippen molar-refractivity contribution in [3.05, 3.63) is 44.4 Å². The van der Waals surface area contributed by atoms with Gasteiger partial charge in [-0.05, 0) is 30.2 Å². The lowest BCUT2D eigenvalue weighted by atomic mass is 10.0. The third-order valence-electron chi connectivity index (χ3n) is 2.71. The van der Waals surface area contributed by atoms with Gasteiger partial charge in [0.1, 0.15) is 5.58 Å². The summed E-state index contributed by atoms with van der Waals surface area (Å²) >= 11 is 0. The monoisotopic (exact) mass is 235 g/mol. The Labute approximate surface area is 96.0 Å². The van der Waals surface area contributed by atoms with Crippen molar-refractivity contribution in [2.24, 2.45) is 5.18 Å². The highest BCUT2D eigenvalue weighted by molar-refractivity contribution is 5.87. The van der Waals surface area contributed by atoms with E-state index in [1.807, 2.05) is 0 Å². The number of fused-ring (bicyclic) bond motifs is 1. The van der Waals surface area contributed by atoms with Crippen molar-refractivity contribution in [1.82, 2.24) is 0 Å². The van der Waals surface area contributed by atoms with Gasteiger partial charge in [0.2, 0.25) is 0 Å². The van der Waals surface area contributed by atoms with E-state index >= 15 is 0 Å². The van der Waals surface area contributed by atoms with E-state index in [2.05, 4.69) is 5.18 Å². The molecular weight excluding hydrogens is 225 g/mol. The molecule has 1 aromatic heterocycles. The van der Waals surface area contributed by atoms with E-state index in [1.165, 1.54) is 12.1 Å². The molecule has 0 N–H and O–H groups in total. The Balaban J connectivity index is 3.04. The van der Waals surface area contributed by atoms with Crippen molar-refractivity contribution in [3.8, 4) is 0 Å². The number of aryl methyl sites for hydroxylation is 2. The van der Waals surface area contributed by atoms with Gasteiger partial charge in [-0.2, -0.15) is 0 Å². The van der Waals surface area contributed by atoms with Gasteiger partial charge in [-0.15, -0.1) is 4.91 Å². The lowest BCUT2D eigenvalue weighted by Gasteiger charge is -2.07. The van der Waals surface area contributed by atoms with Gasteiger partial charge in [0.15, 0.2) is 11.5 Å². The summed E-state index contributed by atoms with van der Waals surface area (Å²) in [5.74, 6) is -0.693. The number of halogens is 1. The van der Waals surface area contributed by atoms with Gasteiger partial charge in [0.05, 0.1) is 0 Å². The molecule has 1 heterocycles. The molecule has 0 aliphatic rings. The molecule has 0 aliphatic heterocycles. The van der Waals surface area contributed by atoms with Crippen molar-refractivity contribution in [2.45, 2.75) is 20.3 Å². The molecule has 0 aliphatic carbocycles. The Hall–Kier alpha value is -2.04. The summed E-state index contributed by atoms with van der Waals surface area (Å²) in [5, 5.41) is 3.16.